The highest BCUT2D eigenvalue weighted by Crippen LogP contribution is 2.68. The minimum absolute atomic E-state index is 0.0509. The van der Waals surface area contributed by atoms with Gasteiger partial charge in [-0.3, -0.25) is 9.35 Å². The predicted octanol–water partition coefficient (Wildman–Crippen LogP) is 2.37. The molecule has 0 heterocycles. The molecule has 9 heteroatoms. The Balaban J connectivity index is 1.43. The van der Waals surface area contributed by atoms with Gasteiger partial charge in [-0.2, -0.15) is 8.42 Å². The zero-order valence-electron chi connectivity index (χ0n) is 21.4. The summed E-state index contributed by atoms with van der Waals surface area (Å²) in [5.74, 6) is 0.705. The van der Waals surface area contributed by atoms with Gasteiger partial charge in [0.05, 0.1) is 24.1 Å². The Morgan fingerprint density at radius 2 is 1.77 bits per heavy atom. The Labute approximate surface area is 210 Å². The monoisotopic (exact) mass is 515 g/mol. The molecular weight excluding hydrogens is 470 g/mol. The minimum atomic E-state index is -4.10. The SMILES string of the molecule is C[C@H](CCC(=O)NCCS(=O)(=O)O)[C@H]1CCC2C3C(O)C[C@@H]4C[C@H](O)CC[C@]4(C)C3C[C@H](O)[C@@]21C. The summed E-state index contributed by atoms with van der Waals surface area (Å²) in [5, 5.41) is 35.8. The van der Waals surface area contributed by atoms with Gasteiger partial charge in [0.1, 0.15) is 0 Å². The average molecular weight is 516 g/mol. The summed E-state index contributed by atoms with van der Waals surface area (Å²) in [7, 11) is -4.10. The maximum atomic E-state index is 12.2. The summed E-state index contributed by atoms with van der Waals surface area (Å²) in [5.41, 5.74) is -0.254. The lowest BCUT2D eigenvalue weighted by molar-refractivity contribution is -0.207. The molecule has 4 unspecified atom stereocenters. The van der Waals surface area contributed by atoms with Crippen LogP contribution in [0.25, 0.3) is 0 Å². The third-order valence-corrected chi connectivity index (χ3v) is 11.7. The Morgan fingerprint density at radius 3 is 2.46 bits per heavy atom. The molecule has 4 aliphatic carbocycles. The molecule has 4 aliphatic rings. The van der Waals surface area contributed by atoms with Crippen molar-refractivity contribution in [2.45, 2.75) is 96.9 Å². The van der Waals surface area contributed by atoms with Crippen LogP contribution in [0.1, 0.15) is 78.6 Å². The summed E-state index contributed by atoms with van der Waals surface area (Å²) >= 11 is 0. The molecule has 4 fully saturated rings. The van der Waals surface area contributed by atoms with Crippen molar-refractivity contribution in [1.82, 2.24) is 5.32 Å². The van der Waals surface area contributed by atoms with E-state index < -0.39 is 28.1 Å². The van der Waals surface area contributed by atoms with Crippen molar-refractivity contribution in [3.63, 3.8) is 0 Å². The van der Waals surface area contributed by atoms with Crippen LogP contribution in [0.3, 0.4) is 0 Å². The van der Waals surface area contributed by atoms with Crippen molar-refractivity contribution in [2.24, 2.45) is 46.3 Å². The molecule has 0 aromatic heterocycles. The van der Waals surface area contributed by atoms with E-state index in [1.54, 1.807) is 0 Å². The van der Waals surface area contributed by atoms with Crippen molar-refractivity contribution in [1.29, 1.82) is 0 Å². The van der Waals surface area contributed by atoms with E-state index in [0.29, 0.717) is 18.8 Å². The van der Waals surface area contributed by atoms with Crippen molar-refractivity contribution < 1.29 is 33.1 Å². The molecular formula is C26H45NO7S. The van der Waals surface area contributed by atoms with Gasteiger partial charge in [-0.15, -0.1) is 0 Å². The van der Waals surface area contributed by atoms with Gasteiger partial charge in [-0.1, -0.05) is 20.8 Å². The topological polar surface area (TPSA) is 144 Å². The van der Waals surface area contributed by atoms with Gasteiger partial charge in [-0.05, 0) is 97.7 Å². The van der Waals surface area contributed by atoms with E-state index >= 15 is 0 Å². The van der Waals surface area contributed by atoms with Crippen LogP contribution in [-0.2, 0) is 14.9 Å². The van der Waals surface area contributed by atoms with Crippen LogP contribution in [0, 0.1) is 46.3 Å². The highest BCUT2D eigenvalue weighted by atomic mass is 32.2. The first-order valence-corrected chi connectivity index (χ1v) is 15.1. The van der Waals surface area contributed by atoms with Gasteiger partial charge >= 0.3 is 0 Å². The largest absolute Gasteiger partial charge is 0.393 e. The van der Waals surface area contributed by atoms with Crippen LogP contribution in [0.4, 0.5) is 0 Å². The van der Waals surface area contributed by atoms with Gasteiger partial charge in [0.15, 0.2) is 0 Å². The van der Waals surface area contributed by atoms with E-state index in [-0.39, 0.29) is 65.4 Å². The van der Waals surface area contributed by atoms with Crippen molar-refractivity contribution in [2.75, 3.05) is 12.3 Å². The molecule has 1 amide bonds. The molecule has 35 heavy (non-hydrogen) atoms. The van der Waals surface area contributed by atoms with E-state index in [1.807, 2.05) is 0 Å². The number of hydrogen-bond donors (Lipinski definition) is 5. The van der Waals surface area contributed by atoms with Crippen LogP contribution >= 0.6 is 0 Å². The van der Waals surface area contributed by atoms with Crippen molar-refractivity contribution in [3.8, 4) is 0 Å². The second kappa shape index (κ2) is 9.86. The molecule has 0 radical (unpaired) electrons. The number of nitrogens with one attached hydrogen (secondary N) is 1. The van der Waals surface area contributed by atoms with Gasteiger partial charge in [0, 0.05) is 13.0 Å². The van der Waals surface area contributed by atoms with Crippen LogP contribution in [-0.4, -0.2) is 64.8 Å². The standard InChI is InChI=1S/C26H45NO7S/c1-15(4-7-23(31)27-10-11-35(32,33)34)18-5-6-19-24-20(14-22(30)26(18,19)3)25(2)9-8-17(28)12-16(25)13-21(24)29/h15-22,24,28-30H,4-14H2,1-3H3,(H,27,31)(H,32,33,34)/t15-,16+,17-,18-,19?,20?,21?,22+,24?,25+,26-/m1/s1. The fourth-order valence-corrected chi connectivity index (χ4v) is 9.46. The number of aliphatic hydroxyl groups is 3. The predicted molar refractivity (Wildman–Crippen MR) is 132 cm³/mol. The highest BCUT2D eigenvalue weighted by molar-refractivity contribution is 7.85. The lowest BCUT2D eigenvalue weighted by Gasteiger charge is -2.63. The van der Waals surface area contributed by atoms with Gasteiger partial charge in [0.2, 0.25) is 5.91 Å². The van der Waals surface area contributed by atoms with Gasteiger partial charge in [-0.25, -0.2) is 0 Å². The molecule has 0 bridgehead atoms. The van der Waals surface area contributed by atoms with Crippen molar-refractivity contribution >= 4 is 16.0 Å². The molecule has 0 saturated heterocycles. The van der Waals surface area contributed by atoms with E-state index in [9.17, 15) is 28.5 Å². The van der Waals surface area contributed by atoms with Crippen LogP contribution < -0.4 is 5.32 Å². The second-order valence-corrected chi connectivity index (χ2v) is 14.2. The van der Waals surface area contributed by atoms with Crippen molar-refractivity contribution in [3.05, 3.63) is 0 Å². The Hall–Kier alpha value is -0.740. The van der Waals surface area contributed by atoms with Crippen LogP contribution in [0.2, 0.25) is 0 Å². The number of hydrogen-bond acceptors (Lipinski definition) is 6. The third kappa shape index (κ3) is 5.05. The summed E-state index contributed by atoms with van der Waals surface area (Å²) < 4.78 is 30.5. The Kier molecular flexibility index (Phi) is 7.69. The molecule has 0 aromatic rings. The Morgan fingerprint density at radius 1 is 1.06 bits per heavy atom. The van der Waals surface area contributed by atoms with E-state index in [0.717, 1.165) is 38.5 Å². The fourth-order valence-electron chi connectivity index (χ4n) is 9.10. The number of aliphatic hydroxyl groups excluding tert-OH is 3. The first kappa shape index (κ1) is 27.3. The van der Waals surface area contributed by atoms with E-state index in [4.69, 9.17) is 4.55 Å². The number of rotatable bonds is 7. The average Bonchev–Trinajstić information content (AvgIpc) is 3.12. The van der Waals surface area contributed by atoms with Gasteiger partial charge < -0.3 is 20.6 Å². The molecule has 5 N–H and O–H groups in total. The number of fused-ring (bicyclic) bond motifs is 5. The highest BCUT2D eigenvalue weighted by Gasteiger charge is 2.65. The molecule has 4 rings (SSSR count). The van der Waals surface area contributed by atoms with E-state index in [1.165, 1.54) is 0 Å². The maximum Gasteiger partial charge on any atom is 0.266 e. The number of amides is 1. The molecule has 8 nitrogen and oxygen atoms in total. The first-order valence-electron chi connectivity index (χ1n) is 13.5. The summed E-state index contributed by atoms with van der Waals surface area (Å²) in [6, 6.07) is 0. The minimum Gasteiger partial charge on any atom is -0.393 e. The zero-order valence-corrected chi connectivity index (χ0v) is 22.2. The number of carbonyl (C=O) groups excluding carboxylic acids is 1. The second-order valence-electron chi connectivity index (χ2n) is 12.7. The smallest absolute Gasteiger partial charge is 0.266 e. The van der Waals surface area contributed by atoms with Crippen LogP contribution in [0.15, 0.2) is 0 Å². The first-order chi connectivity index (χ1) is 16.3. The molecule has 0 spiro atoms. The zero-order chi connectivity index (χ0) is 25.8. The molecule has 202 valence electrons. The summed E-state index contributed by atoms with van der Waals surface area (Å²) in [6.07, 6.45) is 5.67. The molecule has 4 saturated carbocycles. The lowest BCUT2D eigenvalue weighted by atomic mass is 9.43. The van der Waals surface area contributed by atoms with E-state index in [2.05, 4.69) is 26.1 Å². The van der Waals surface area contributed by atoms with Gasteiger partial charge in [0.25, 0.3) is 10.1 Å². The summed E-state index contributed by atoms with van der Waals surface area (Å²) in [6.45, 7) is 6.56. The lowest BCUT2D eigenvalue weighted by Crippen LogP contribution is -2.62. The Bertz CT molecular complexity index is 896. The van der Waals surface area contributed by atoms with Crippen LogP contribution in [0.5, 0.6) is 0 Å². The normalized spacial score (nSPS) is 46.3. The number of carbonyl (C=O) groups is 1. The molecule has 0 aliphatic heterocycles. The quantitative estimate of drug-likeness (QED) is 0.327. The maximum absolute atomic E-state index is 12.2. The molecule has 0 aromatic carbocycles. The fraction of sp³-hybridized carbons (Fsp3) is 0.962. The summed E-state index contributed by atoms with van der Waals surface area (Å²) in [4.78, 5) is 12.2. The molecule has 11 atom stereocenters. The third-order valence-electron chi connectivity index (χ3n) is 11.0.